The molecule has 0 unspecified atom stereocenters. The van der Waals surface area contributed by atoms with Crippen molar-refractivity contribution in [1.29, 1.82) is 0 Å². The van der Waals surface area contributed by atoms with Gasteiger partial charge in [0.25, 0.3) is 0 Å². The number of nitrogens with zero attached hydrogens (tertiary/aromatic N) is 1. The van der Waals surface area contributed by atoms with Crippen molar-refractivity contribution >= 4 is 11.6 Å². The quantitative estimate of drug-likeness (QED) is 0.815. The summed E-state index contributed by atoms with van der Waals surface area (Å²) in [6.07, 6.45) is 1.98. The van der Waals surface area contributed by atoms with E-state index in [1.54, 1.807) is 6.92 Å². The van der Waals surface area contributed by atoms with Crippen LogP contribution in [0.3, 0.4) is 0 Å². The van der Waals surface area contributed by atoms with Crippen molar-refractivity contribution < 1.29 is 19.5 Å². The Kier molecular flexibility index (Phi) is 5.94. The van der Waals surface area contributed by atoms with Gasteiger partial charge in [-0.25, -0.2) is 0 Å². The van der Waals surface area contributed by atoms with Crippen LogP contribution in [-0.2, 0) is 14.4 Å². The fraction of sp³-hybridized carbons (Fsp3) is 0.600. The van der Waals surface area contributed by atoms with Crippen LogP contribution in [0.15, 0.2) is 29.4 Å². The predicted molar refractivity (Wildman–Crippen MR) is 99.0 cm³/mol. The molecule has 3 rings (SSSR count). The average molecular weight is 360 g/mol. The minimum Gasteiger partial charge on any atom is -0.392 e. The number of hydrogen-bond donors (Lipinski definition) is 2. The third-order valence-electron chi connectivity index (χ3n) is 5.23. The Morgan fingerprint density at radius 1 is 1.35 bits per heavy atom. The molecule has 6 nitrogen and oxygen atoms in total. The lowest BCUT2D eigenvalue weighted by molar-refractivity contribution is -0.140. The van der Waals surface area contributed by atoms with E-state index < -0.39 is 11.5 Å². The lowest BCUT2D eigenvalue weighted by atomic mass is 9.74. The first-order valence-corrected chi connectivity index (χ1v) is 9.32. The molecule has 142 valence electrons. The molecule has 0 spiro atoms. The number of aryl methyl sites for hydroxylation is 1. The molecule has 2 aliphatic heterocycles. The van der Waals surface area contributed by atoms with E-state index in [9.17, 15) is 9.90 Å². The maximum absolute atomic E-state index is 12.8. The standard InChI is InChI=1S/C20H28N2O4/c1-14-3-5-16(6-4-14)18-11-17(26-22-18)12-20(7-9-25-10-8-20)19(24)21-13-15(2)23/h3-6,15,17,23H,7-13H2,1-2H3,(H,21,24)/t15-,17+/m0/s1. The molecule has 6 heteroatoms. The Morgan fingerprint density at radius 3 is 2.69 bits per heavy atom. The first-order valence-electron chi connectivity index (χ1n) is 9.32. The van der Waals surface area contributed by atoms with E-state index in [2.05, 4.69) is 41.7 Å². The first kappa shape index (κ1) is 18.9. The number of ether oxygens (including phenoxy) is 1. The second-order valence-corrected chi connectivity index (χ2v) is 7.49. The number of oxime groups is 1. The SMILES string of the molecule is Cc1ccc(C2=NO[C@@H](CC3(C(=O)NC[C@H](C)O)CCOCC3)C2)cc1. The summed E-state index contributed by atoms with van der Waals surface area (Å²) in [5, 5.41) is 16.6. The van der Waals surface area contributed by atoms with Crippen molar-refractivity contribution in [3.05, 3.63) is 35.4 Å². The van der Waals surface area contributed by atoms with Crippen LogP contribution < -0.4 is 5.32 Å². The summed E-state index contributed by atoms with van der Waals surface area (Å²) in [6, 6.07) is 8.24. The van der Waals surface area contributed by atoms with Crippen molar-refractivity contribution in [3.8, 4) is 0 Å². The first-order chi connectivity index (χ1) is 12.5. The fourth-order valence-corrected chi connectivity index (χ4v) is 3.60. The highest BCUT2D eigenvalue weighted by molar-refractivity contribution is 6.01. The van der Waals surface area contributed by atoms with E-state index in [4.69, 9.17) is 9.57 Å². The van der Waals surface area contributed by atoms with Crippen LogP contribution in [0, 0.1) is 12.3 Å². The summed E-state index contributed by atoms with van der Waals surface area (Å²) >= 11 is 0. The number of benzene rings is 1. The largest absolute Gasteiger partial charge is 0.392 e. The number of aliphatic hydroxyl groups excluding tert-OH is 1. The summed E-state index contributed by atoms with van der Waals surface area (Å²) in [4.78, 5) is 18.5. The molecule has 2 atom stereocenters. The molecule has 0 saturated carbocycles. The monoisotopic (exact) mass is 360 g/mol. The molecular weight excluding hydrogens is 332 g/mol. The maximum atomic E-state index is 12.8. The van der Waals surface area contributed by atoms with E-state index in [1.807, 2.05) is 0 Å². The highest BCUT2D eigenvalue weighted by Crippen LogP contribution is 2.38. The van der Waals surface area contributed by atoms with Gasteiger partial charge < -0.3 is 20.0 Å². The molecule has 0 aliphatic carbocycles. The Labute approximate surface area is 154 Å². The summed E-state index contributed by atoms with van der Waals surface area (Å²) < 4.78 is 5.47. The van der Waals surface area contributed by atoms with E-state index in [-0.39, 0.29) is 18.6 Å². The highest BCUT2D eigenvalue weighted by Gasteiger charge is 2.43. The smallest absolute Gasteiger partial charge is 0.226 e. The number of carbonyl (C=O) groups excluding carboxylic acids is 1. The predicted octanol–water partition coefficient (Wildman–Crippen LogP) is 2.17. The molecule has 1 aromatic carbocycles. The summed E-state index contributed by atoms with van der Waals surface area (Å²) in [5.41, 5.74) is 2.69. The second-order valence-electron chi connectivity index (χ2n) is 7.49. The number of nitrogens with one attached hydrogen (secondary N) is 1. The van der Waals surface area contributed by atoms with Gasteiger partial charge in [0, 0.05) is 32.6 Å². The van der Waals surface area contributed by atoms with E-state index in [0.29, 0.717) is 38.9 Å². The Balaban J connectivity index is 1.65. The van der Waals surface area contributed by atoms with Gasteiger partial charge in [-0.3, -0.25) is 4.79 Å². The van der Waals surface area contributed by atoms with Crippen molar-refractivity contribution in [2.45, 2.75) is 51.7 Å². The Morgan fingerprint density at radius 2 is 2.04 bits per heavy atom. The maximum Gasteiger partial charge on any atom is 0.226 e. The van der Waals surface area contributed by atoms with Gasteiger partial charge in [-0.1, -0.05) is 35.0 Å². The summed E-state index contributed by atoms with van der Waals surface area (Å²) in [7, 11) is 0. The second kappa shape index (κ2) is 8.18. The average Bonchev–Trinajstić information content (AvgIpc) is 3.09. The van der Waals surface area contributed by atoms with Crippen LogP contribution in [-0.4, -0.2) is 48.7 Å². The van der Waals surface area contributed by atoms with Gasteiger partial charge in [-0.05, 0) is 32.3 Å². The van der Waals surface area contributed by atoms with Crippen LogP contribution in [0.1, 0.15) is 43.7 Å². The van der Waals surface area contributed by atoms with Crippen LogP contribution in [0.2, 0.25) is 0 Å². The third-order valence-corrected chi connectivity index (χ3v) is 5.23. The van der Waals surface area contributed by atoms with Gasteiger partial charge in [0.15, 0.2) is 0 Å². The molecule has 0 radical (unpaired) electrons. The Hall–Kier alpha value is -1.92. The van der Waals surface area contributed by atoms with Gasteiger partial charge in [0.2, 0.25) is 5.91 Å². The van der Waals surface area contributed by atoms with Gasteiger partial charge in [0.05, 0.1) is 17.2 Å². The zero-order valence-corrected chi connectivity index (χ0v) is 15.5. The molecular formula is C20H28N2O4. The lowest BCUT2D eigenvalue weighted by Crippen LogP contribution is -2.48. The van der Waals surface area contributed by atoms with Crippen LogP contribution in [0.25, 0.3) is 0 Å². The minimum absolute atomic E-state index is 0.0194. The van der Waals surface area contributed by atoms with E-state index in [1.165, 1.54) is 5.56 Å². The summed E-state index contributed by atoms with van der Waals surface area (Å²) in [6.45, 7) is 5.12. The molecule has 2 N–H and O–H groups in total. The zero-order valence-electron chi connectivity index (χ0n) is 15.5. The van der Waals surface area contributed by atoms with Gasteiger partial charge >= 0.3 is 0 Å². The van der Waals surface area contributed by atoms with E-state index >= 15 is 0 Å². The molecule has 1 aromatic rings. The molecule has 26 heavy (non-hydrogen) atoms. The molecule has 1 saturated heterocycles. The van der Waals surface area contributed by atoms with Crippen LogP contribution in [0.5, 0.6) is 0 Å². The van der Waals surface area contributed by atoms with Gasteiger partial charge in [-0.15, -0.1) is 0 Å². The van der Waals surface area contributed by atoms with Gasteiger partial charge in [0.1, 0.15) is 6.10 Å². The number of aliphatic hydroxyl groups is 1. The molecule has 0 aromatic heterocycles. The third kappa shape index (κ3) is 4.43. The topological polar surface area (TPSA) is 80.2 Å². The zero-order chi connectivity index (χ0) is 18.6. The summed E-state index contributed by atoms with van der Waals surface area (Å²) in [5.74, 6) is -0.0194. The fourth-order valence-electron chi connectivity index (χ4n) is 3.60. The van der Waals surface area contributed by atoms with Gasteiger partial charge in [-0.2, -0.15) is 0 Å². The molecule has 1 amide bonds. The Bertz CT molecular complexity index is 648. The highest BCUT2D eigenvalue weighted by atomic mass is 16.6. The van der Waals surface area contributed by atoms with Crippen molar-refractivity contribution in [3.63, 3.8) is 0 Å². The number of amides is 1. The van der Waals surface area contributed by atoms with E-state index in [0.717, 1.165) is 11.3 Å². The van der Waals surface area contributed by atoms with Crippen molar-refractivity contribution in [2.24, 2.45) is 10.6 Å². The molecule has 2 aliphatic rings. The van der Waals surface area contributed by atoms with Crippen molar-refractivity contribution in [2.75, 3.05) is 19.8 Å². The molecule has 0 bridgehead atoms. The number of rotatable bonds is 6. The number of carbonyl (C=O) groups is 1. The normalized spacial score (nSPS) is 23.0. The van der Waals surface area contributed by atoms with Crippen LogP contribution >= 0.6 is 0 Å². The lowest BCUT2D eigenvalue weighted by Gasteiger charge is -2.37. The molecule has 2 heterocycles. The van der Waals surface area contributed by atoms with Crippen molar-refractivity contribution in [1.82, 2.24) is 5.32 Å². The number of hydrogen-bond acceptors (Lipinski definition) is 5. The minimum atomic E-state index is -0.560. The molecule has 1 fully saturated rings. The van der Waals surface area contributed by atoms with Crippen LogP contribution in [0.4, 0.5) is 0 Å².